The quantitative estimate of drug-likeness (QED) is 0.0149. The summed E-state index contributed by atoms with van der Waals surface area (Å²) in [5, 5.41) is 50.2. The van der Waals surface area contributed by atoms with E-state index in [0.717, 1.165) is 89.9 Å². The van der Waals surface area contributed by atoms with Crippen LogP contribution in [0.3, 0.4) is 0 Å². The zero-order chi connectivity index (χ0) is 46.4. The lowest BCUT2D eigenvalue weighted by Crippen LogP contribution is -2.64. The van der Waals surface area contributed by atoms with Crippen molar-refractivity contribution >= 4 is 19.8 Å². The monoisotopic (exact) mass is 909 g/mol. The van der Waals surface area contributed by atoms with Crippen molar-refractivity contribution in [2.24, 2.45) is 0 Å². The molecule has 0 radical (unpaired) electrons. The summed E-state index contributed by atoms with van der Waals surface area (Å²) in [4.78, 5) is 35.7. The maximum Gasteiger partial charge on any atom is 0.472 e. The lowest BCUT2D eigenvalue weighted by Gasteiger charge is -2.41. The number of carbonyl (C=O) groups excluding carboxylic acids is 2. The van der Waals surface area contributed by atoms with Crippen LogP contribution >= 0.6 is 7.82 Å². The van der Waals surface area contributed by atoms with Crippen molar-refractivity contribution in [3.63, 3.8) is 0 Å². The van der Waals surface area contributed by atoms with E-state index in [1.54, 1.807) is 0 Å². The summed E-state index contributed by atoms with van der Waals surface area (Å²) in [7, 11) is -5.14. The molecule has 1 aliphatic rings. The molecule has 1 aliphatic carbocycles. The molecule has 1 fully saturated rings. The summed E-state index contributed by atoms with van der Waals surface area (Å²) in [6.07, 6.45) is 36.4. The summed E-state index contributed by atoms with van der Waals surface area (Å²) in [5.74, 6) is -1.18. The van der Waals surface area contributed by atoms with Crippen molar-refractivity contribution in [3.8, 4) is 0 Å². The summed E-state index contributed by atoms with van der Waals surface area (Å²) in [6, 6.07) is 0. The number of carbonyl (C=O) groups is 2. The average Bonchev–Trinajstić information content (AvgIpc) is 3.26. The lowest BCUT2D eigenvalue weighted by molar-refractivity contribution is -0.220. The van der Waals surface area contributed by atoms with Crippen LogP contribution < -0.4 is 0 Å². The second-order valence-electron chi connectivity index (χ2n) is 15.9. The van der Waals surface area contributed by atoms with Gasteiger partial charge in [-0.3, -0.25) is 18.6 Å². The Balaban J connectivity index is 2.51. The highest BCUT2D eigenvalue weighted by molar-refractivity contribution is 7.47. The highest BCUT2D eigenvalue weighted by Gasteiger charge is 2.51. The van der Waals surface area contributed by atoms with E-state index in [4.69, 9.17) is 18.5 Å². The van der Waals surface area contributed by atoms with Crippen LogP contribution in [0.25, 0.3) is 0 Å². The Morgan fingerprint density at radius 2 is 0.921 bits per heavy atom. The Morgan fingerprint density at radius 1 is 0.508 bits per heavy atom. The molecule has 360 valence electrons. The molecule has 8 atom stereocenters. The molecule has 0 amide bonds. The number of unbranched alkanes of at least 4 members (excludes halogenated alkanes) is 11. The number of phosphoric acid groups is 1. The van der Waals surface area contributed by atoms with Gasteiger partial charge in [-0.1, -0.05) is 144 Å². The fourth-order valence-electron chi connectivity index (χ4n) is 6.47. The first-order valence-corrected chi connectivity index (χ1v) is 24.9. The van der Waals surface area contributed by atoms with Crippen molar-refractivity contribution < 1.29 is 63.1 Å². The number of aliphatic hydroxyl groups excluding tert-OH is 5. The summed E-state index contributed by atoms with van der Waals surface area (Å²) in [5.41, 5.74) is 0. The third-order valence-corrected chi connectivity index (χ3v) is 11.2. The van der Waals surface area contributed by atoms with E-state index < -0.39 is 75.7 Å². The molecule has 0 aliphatic heterocycles. The standard InChI is InChI=1S/C49H81O13P/c1-3-5-7-9-11-13-15-17-19-21-23-25-27-29-31-33-35-37-42(50)59-39-41(40-60-63(57,58)62-49-47(55)45(53)44(52)46(54)48(49)56)61-43(51)38-36-34-32-30-28-26-24-22-20-18-16-14-12-10-8-6-4-2/h6,8,11-14,17-20,24,26,30,32,41,44-49,52-56H,3-5,7,9-10,15-16,21-23,25,27-29,31,33-40H2,1-2H3,(H,57,58)/b8-6-,13-11-,14-12-,19-17-,20-18-,26-24-,32-30-/t41-,44?,45-,46?,47?,48?,49?/m1/s1. The normalized spacial score (nSPS) is 22.5. The Bertz CT molecular complexity index is 1420. The van der Waals surface area contributed by atoms with Crippen LogP contribution in [0.5, 0.6) is 0 Å². The van der Waals surface area contributed by atoms with Gasteiger partial charge in [0.1, 0.15) is 43.2 Å². The maximum absolute atomic E-state index is 12.8. The third-order valence-electron chi connectivity index (χ3n) is 10.2. The SMILES string of the molecule is CC/C=C\C/C=C\C/C=C\C/C=C\C/C=C\CCCC(=O)O[C@H](COC(=O)CCCCCCCCC/C=C\C/C=C\CCCCC)COP(=O)(O)OC1C(O)C(O)C(O)[C@@H](O)C1O. The van der Waals surface area contributed by atoms with E-state index in [9.17, 15) is 44.6 Å². The van der Waals surface area contributed by atoms with Gasteiger partial charge in [-0.25, -0.2) is 4.57 Å². The van der Waals surface area contributed by atoms with E-state index in [1.807, 2.05) is 12.2 Å². The summed E-state index contributed by atoms with van der Waals surface area (Å²) in [6.45, 7) is 3.10. The van der Waals surface area contributed by atoms with Gasteiger partial charge in [0.25, 0.3) is 0 Å². The molecule has 1 saturated carbocycles. The minimum absolute atomic E-state index is 0.0121. The Hall–Kier alpha value is -2.97. The van der Waals surface area contributed by atoms with Crippen molar-refractivity contribution in [2.75, 3.05) is 13.2 Å². The van der Waals surface area contributed by atoms with Crippen LogP contribution in [0, 0.1) is 0 Å². The Morgan fingerprint density at radius 3 is 1.43 bits per heavy atom. The minimum atomic E-state index is -5.14. The van der Waals surface area contributed by atoms with Gasteiger partial charge in [0, 0.05) is 12.8 Å². The highest BCUT2D eigenvalue weighted by atomic mass is 31.2. The molecule has 6 unspecified atom stereocenters. The largest absolute Gasteiger partial charge is 0.472 e. The first-order valence-electron chi connectivity index (χ1n) is 23.4. The van der Waals surface area contributed by atoms with Gasteiger partial charge in [-0.15, -0.1) is 0 Å². The van der Waals surface area contributed by atoms with Gasteiger partial charge >= 0.3 is 19.8 Å². The summed E-state index contributed by atoms with van der Waals surface area (Å²) < 4.78 is 33.5. The van der Waals surface area contributed by atoms with E-state index in [0.29, 0.717) is 19.3 Å². The topological polar surface area (TPSA) is 210 Å². The molecule has 0 aromatic heterocycles. The van der Waals surface area contributed by atoms with E-state index in [2.05, 4.69) is 86.8 Å². The molecular formula is C49H81O13P. The first-order chi connectivity index (χ1) is 30.4. The van der Waals surface area contributed by atoms with Crippen LogP contribution in [0.15, 0.2) is 85.1 Å². The van der Waals surface area contributed by atoms with Gasteiger partial charge in [0.05, 0.1) is 6.61 Å². The van der Waals surface area contributed by atoms with Crippen molar-refractivity contribution in [3.05, 3.63) is 85.1 Å². The van der Waals surface area contributed by atoms with Crippen molar-refractivity contribution in [1.82, 2.24) is 0 Å². The number of hydrogen-bond donors (Lipinski definition) is 6. The molecule has 0 aromatic rings. The van der Waals surface area contributed by atoms with E-state index in [1.165, 1.54) is 19.3 Å². The Labute approximate surface area is 378 Å². The Kier molecular flexibility index (Phi) is 35.3. The van der Waals surface area contributed by atoms with Crippen LogP contribution in [0.4, 0.5) is 0 Å². The second kappa shape index (κ2) is 38.3. The molecule has 0 heterocycles. The average molecular weight is 909 g/mol. The van der Waals surface area contributed by atoms with Crippen LogP contribution in [-0.2, 0) is 32.7 Å². The first kappa shape index (κ1) is 58.0. The maximum atomic E-state index is 12.8. The van der Waals surface area contributed by atoms with Crippen LogP contribution in [0.2, 0.25) is 0 Å². The molecule has 6 N–H and O–H groups in total. The fraction of sp³-hybridized carbons (Fsp3) is 0.673. The number of phosphoric ester groups is 1. The molecule has 0 spiro atoms. The van der Waals surface area contributed by atoms with Gasteiger partial charge in [-0.05, 0) is 83.5 Å². The second-order valence-corrected chi connectivity index (χ2v) is 17.3. The van der Waals surface area contributed by atoms with Gasteiger partial charge in [0.2, 0.25) is 0 Å². The van der Waals surface area contributed by atoms with Gasteiger partial charge in [-0.2, -0.15) is 0 Å². The summed E-state index contributed by atoms with van der Waals surface area (Å²) >= 11 is 0. The zero-order valence-corrected chi connectivity index (χ0v) is 39.0. The van der Waals surface area contributed by atoms with Crippen molar-refractivity contribution in [1.29, 1.82) is 0 Å². The predicted octanol–water partition coefficient (Wildman–Crippen LogP) is 9.28. The van der Waals surface area contributed by atoms with E-state index >= 15 is 0 Å². The molecule has 13 nitrogen and oxygen atoms in total. The molecular weight excluding hydrogens is 828 g/mol. The van der Waals surface area contributed by atoms with Crippen LogP contribution in [0.1, 0.15) is 155 Å². The minimum Gasteiger partial charge on any atom is -0.462 e. The number of allylic oxidation sites excluding steroid dienone is 14. The number of hydrogen-bond acceptors (Lipinski definition) is 12. The number of rotatable bonds is 37. The highest BCUT2D eigenvalue weighted by Crippen LogP contribution is 2.47. The van der Waals surface area contributed by atoms with E-state index in [-0.39, 0.29) is 12.8 Å². The zero-order valence-electron chi connectivity index (χ0n) is 38.1. The van der Waals surface area contributed by atoms with Gasteiger partial charge in [0.15, 0.2) is 6.10 Å². The lowest BCUT2D eigenvalue weighted by atomic mass is 9.85. The fourth-order valence-corrected chi connectivity index (χ4v) is 7.44. The molecule has 14 heteroatoms. The molecule has 0 saturated heterocycles. The molecule has 1 rings (SSSR count). The molecule has 63 heavy (non-hydrogen) atoms. The molecule has 0 aromatic carbocycles. The van der Waals surface area contributed by atoms with Crippen LogP contribution in [-0.4, -0.2) is 98.3 Å². The number of esters is 2. The predicted molar refractivity (Wildman–Crippen MR) is 248 cm³/mol. The van der Waals surface area contributed by atoms with Crippen molar-refractivity contribution in [2.45, 2.75) is 198 Å². The number of aliphatic hydroxyl groups is 5. The van der Waals surface area contributed by atoms with Gasteiger partial charge < -0.3 is 39.9 Å². The third kappa shape index (κ3) is 30.7. The number of ether oxygens (including phenoxy) is 2. The molecule has 0 bridgehead atoms. The smallest absolute Gasteiger partial charge is 0.462 e.